The molecule has 64 valence electrons. The van der Waals surface area contributed by atoms with Crippen molar-refractivity contribution in [1.82, 2.24) is 0 Å². The summed E-state index contributed by atoms with van der Waals surface area (Å²) in [5.74, 6) is 0. The Kier molecular flexibility index (Phi) is 2.93. The molecule has 0 N–H and O–H groups in total. The first-order chi connectivity index (χ1) is 5.54. The van der Waals surface area contributed by atoms with Gasteiger partial charge in [-0.05, 0) is 0 Å². The van der Waals surface area contributed by atoms with Gasteiger partial charge in [-0.15, -0.1) is 0 Å². The summed E-state index contributed by atoms with van der Waals surface area (Å²) in [6.07, 6.45) is 0.891. The number of hydrogen-bond acceptors (Lipinski definition) is 1. The van der Waals surface area contributed by atoms with E-state index >= 15 is 0 Å². The summed E-state index contributed by atoms with van der Waals surface area (Å²) in [5.41, 5.74) is 0.772. The van der Waals surface area contributed by atoms with Gasteiger partial charge in [0.2, 0.25) is 0 Å². The zero-order valence-corrected chi connectivity index (χ0v) is 10.6. The topological polar surface area (TPSA) is 17.1 Å². The minimum atomic E-state index is -1.88. The van der Waals surface area contributed by atoms with Crippen molar-refractivity contribution in [2.24, 2.45) is 0 Å². The van der Waals surface area contributed by atoms with E-state index < -0.39 is 18.4 Å². The molecule has 0 aliphatic rings. The van der Waals surface area contributed by atoms with Crippen LogP contribution >= 0.6 is 0 Å². The Morgan fingerprint density at radius 1 is 1.08 bits per heavy atom. The molecule has 0 aliphatic carbocycles. The Morgan fingerprint density at radius 3 is 1.92 bits per heavy atom. The first-order valence-corrected chi connectivity index (χ1v) is 14.1. The Morgan fingerprint density at radius 2 is 1.58 bits per heavy atom. The molecule has 0 amide bonds. The van der Waals surface area contributed by atoms with Gasteiger partial charge in [0.05, 0.1) is 0 Å². The molecule has 0 radical (unpaired) electrons. The first-order valence-electron chi connectivity index (χ1n) is 4.10. The van der Waals surface area contributed by atoms with E-state index in [4.69, 9.17) is 0 Å². The molecule has 0 unspecified atom stereocenters. The van der Waals surface area contributed by atoms with Gasteiger partial charge in [-0.2, -0.15) is 0 Å². The Hall–Kier alpha value is -0.311. The quantitative estimate of drug-likeness (QED) is 0.593. The van der Waals surface area contributed by atoms with Crippen molar-refractivity contribution in [3.63, 3.8) is 0 Å². The predicted octanol–water partition coefficient (Wildman–Crippen LogP) is 2.04. The molecule has 0 aromatic heterocycles. The molecule has 0 heterocycles. The van der Waals surface area contributed by atoms with Crippen molar-refractivity contribution in [1.29, 1.82) is 0 Å². The molecule has 0 fully saturated rings. The third-order valence-corrected chi connectivity index (χ3v) is 7.81. The normalized spacial score (nSPS) is 11.2. The fourth-order valence-electron chi connectivity index (χ4n) is 1.06. The molecule has 0 saturated carbocycles. The fourth-order valence-corrected chi connectivity index (χ4v) is 4.39. The zero-order chi connectivity index (χ0) is 9.19. The maximum absolute atomic E-state index is 10.4. The molecule has 1 aromatic carbocycles. The van der Waals surface area contributed by atoms with Crippen LogP contribution in [-0.4, -0.2) is 24.7 Å². The van der Waals surface area contributed by atoms with Gasteiger partial charge in [0, 0.05) is 0 Å². The molecule has 0 aliphatic heterocycles. The summed E-state index contributed by atoms with van der Waals surface area (Å²) in [5, 5.41) is 0. The standard InChI is InChI=1S/C7H5O.3CH3.Sn/c8-6-7-4-2-1-3-5-7;;;;/h2-6H;3*1H3;. The van der Waals surface area contributed by atoms with Crippen molar-refractivity contribution in [2.75, 3.05) is 0 Å². The van der Waals surface area contributed by atoms with Crippen molar-refractivity contribution in [2.45, 2.75) is 14.8 Å². The second kappa shape index (κ2) is 3.60. The molecule has 1 rings (SSSR count). The number of aldehydes is 1. The SMILES string of the molecule is [CH3][Sn]([CH3])([CH3])[c]1ccc(C=O)cc1. The Labute approximate surface area is 77.7 Å². The van der Waals surface area contributed by atoms with Crippen LogP contribution in [0.2, 0.25) is 14.8 Å². The number of rotatable bonds is 2. The molecule has 2 heteroatoms. The van der Waals surface area contributed by atoms with Crippen LogP contribution in [0.25, 0.3) is 0 Å². The minimum absolute atomic E-state index is 0.772. The third-order valence-electron chi connectivity index (χ3n) is 1.91. The van der Waals surface area contributed by atoms with Gasteiger partial charge in [-0.25, -0.2) is 0 Å². The predicted molar refractivity (Wildman–Crippen MR) is 54.8 cm³/mol. The van der Waals surface area contributed by atoms with Gasteiger partial charge in [0.1, 0.15) is 0 Å². The summed E-state index contributed by atoms with van der Waals surface area (Å²) in [6, 6.07) is 8.01. The van der Waals surface area contributed by atoms with Crippen molar-refractivity contribution < 1.29 is 4.79 Å². The summed E-state index contributed by atoms with van der Waals surface area (Å²) in [6.45, 7) is 0. The van der Waals surface area contributed by atoms with E-state index in [9.17, 15) is 4.79 Å². The van der Waals surface area contributed by atoms with Crippen LogP contribution in [0.15, 0.2) is 24.3 Å². The molecule has 1 nitrogen and oxygen atoms in total. The summed E-state index contributed by atoms with van der Waals surface area (Å²) in [7, 11) is 0. The molecule has 1 aromatic rings. The van der Waals surface area contributed by atoms with Gasteiger partial charge in [-0.1, -0.05) is 0 Å². The van der Waals surface area contributed by atoms with Crippen LogP contribution in [0.5, 0.6) is 0 Å². The third kappa shape index (κ3) is 2.34. The van der Waals surface area contributed by atoms with E-state index in [0.717, 1.165) is 11.8 Å². The number of carbonyl (C=O) groups excluding carboxylic acids is 1. The first kappa shape index (κ1) is 9.77. The molecular weight excluding hydrogens is 255 g/mol. The summed E-state index contributed by atoms with van der Waals surface area (Å²) < 4.78 is 1.47. The molecule has 0 spiro atoms. The van der Waals surface area contributed by atoms with Crippen molar-refractivity contribution in [3.8, 4) is 0 Å². The van der Waals surface area contributed by atoms with Crippen molar-refractivity contribution >= 4 is 28.2 Å². The van der Waals surface area contributed by atoms with Crippen LogP contribution in [0.1, 0.15) is 10.4 Å². The van der Waals surface area contributed by atoms with Gasteiger partial charge in [0.25, 0.3) is 0 Å². The average Bonchev–Trinajstić information content (AvgIpc) is 2.03. The van der Waals surface area contributed by atoms with E-state index in [1.165, 1.54) is 3.58 Å². The van der Waals surface area contributed by atoms with Crippen LogP contribution in [-0.2, 0) is 0 Å². The second-order valence-electron chi connectivity index (χ2n) is 3.99. The van der Waals surface area contributed by atoms with Gasteiger partial charge in [-0.3, -0.25) is 0 Å². The van der Waals surface area contributed by atoms with Gasteiger partial charge >= 0.3 is 77.7 Å². The van der Waals surface area contributed by atoms with E-state index in [1.54, 1.807) is 0 Å². The fraction of sp³-hybridized carbons (Fsp3) is 0.300. The van der Waals surface area contributed by atoms with Crippen LogP contribution in [0, 0.1) is 0 Å². The van der Waals surface area contributed by atoms with Gasteiger partial charge < -0.3 is 0 Å². The molecule has 0 bridgehead atoms. The number of benzene rings is 1. The molecule has 0 saturated heterocycles. The Balaban J connectivity index is 3.00. The number of carbonyl (C=O) groups is 1. The summed E-state index contributed by atoms with van der Waals surface area (Å²) >= 11 is -1.88. The maximum atomic E-state index is 10.4. The average molecular weight is 269 g/mol. The van der Waals surface area contributed by atoms with E-state index in [2.05, 4.69) is 27.0 Å². The van der Waals surface area contributed by atoms with Gasteiger partial charge in [0.15, 0.2) is 0 Å². The van der Waals surface area contributed by atoms with E-state index in [-0.39, 0.29) is 0 Å². The molecule has 0 atom stereocenters. The van der Waals surface area contributed by atoms with Crippen LogP contribution in [0.3, 0.4) is 0 Å². The van der Waals surface area contributed by atoms with E-state index in [0.29, 0.717) is 0 Å². The van der Waals surface area contributed by atoms with Crippen molar-refractivity contribution in [3.05, 3.63) is 29.8 Å². The van der Waals surface area contributed by atoms with Crippen LogP contribution < -0.4 is 3.58 Å². The second-order valence-corrected chi connectivity index (χ2v) is 18.5. The molecular formula is C10H14OSn. The van der Waals surface area contributed by atoms with Crippen LogP contribution in [0.4, 0.5) is 0 Å². The zero-order valence-electron chi connectivity index (χ0n) is 7.79. The monoisotopic (exact) mass is 270 g/mol. The summed E-state index contributed by atoms with van der Waals surface area (Å²) in [4.78, 5) is 17.5. The molecule has 12 heavy (non-hydrogen) atoms. The Bertz CT molecular complexity index is 269. The number of hydrogen-bond donors (Lipinski definition) is 0. The van der Waals surface area contributed by atoms with E-state index in [1.807, 2.05) is 12.1 Å².